The van der Waals surface area contributed by atoms with Crippen LogP contribution >= 0.6 is 40.2 Å². The zero-order chi connectivity index (χ0) is 11.2. The maximum atomic E-state index is 10.7. The van der Waals surface area contributed by atoms with E-state index >= 15 is 0 Å². The Morgan fingerprint density at radius 3 is 1.93 bits per heavy atom. The van der Waals surface area contributed by atoms with Crippen molar-refractivity contribution in [3.05, 3.63) is 29.3 Å². The monoisotopic (exact) mass is 274 g/mol. The topological polar surface area (TPSA) is 26.3 Å². The molecule has 0 aromatic heterocycles. The third-order valence-corrected chi connectivity index (χ3v) is 2.11. The minimum Gasteiger partial charge on any atom is -0.422 e. The third kappa shape index (κ3) is 6.56. The van der Waals surface area contributed by atoms with Gasteiger partial charge in [-0.1, -0.05) is 25.4 Å². The van der Waals surface area contributed by atoms with Crippen molar-refractivity contribution in [1.29, 1.82) is 0 Å². The molecule has 2 nitrogen and oxygen atoms in total. The van der Waals surface area contributed by atoms with Crippen LogP contribution in [0.15, 0.2) is 24.3 Å². The van der Waals surface area contributed by atoms with Crippen molar-refractivity contribution >= 4 is 40.2 Å². The van der Waals surface area contributed by atoms with Gasteiger partial charge in [-0.05, 0) is 24.3 Å². The minimum absolute atomic E-state index is 0.327. The summed E-state index contributed by atoms with van der Waals surface area (Å²) in [4.78, 5) is 0. The molecule has 1 aromatic rings. The lowest BCUT2D eigenvalue weighted by Gasteiger charge is -2.04. The molecule has 0 spiro atoms. The summed E-state index contributed by atoms with van der Waals surface area (Å²) in [7, 11) is 0. The molecule has 0 N–H and O–H groups in total. The quantitative estimate of drug-likeness (QED) is 0.682. The summed E-state index contributed by atoms with van der Waals surface area (Å²) in [5.74, 6) is 0.327. The molecule has 0 aliphatic rings. The first-order valence-corrected chi connectivity index (χ1v) is 7.73. The molecule has 0 heterocycles. The molecule has 0 amide bonds. The van der Waals surface area contributed by atoms with E-state index < -0.39 is 6.07 Å². The first-order chi connectivity index (χ1) is 6.47. The van der Waals surface area contributed by atoms with Crippen molar-refractivity contribution in [2.45, 2.75) is 13.8 Å². The summed E-state index contributed by atoms with van der Waals surface area (Å²) >= 11 is 15.9. The SMILES string of the molecule is CC.O=P(Cl)(Cl)Oc1ccc(Cl)cc1. The average molecular weight is 275 g/mol. The predicted octanol–water partition coefficient (Wildman–Crippen LogP) is 5.33. The third-order valence-electron chi connectivity index (χ3n) is 1.03. The van der Waals surface area contributed by atoms with Gasteiger partial charge in [-0.15, -0.1) is 0 Å². The number of rotatable bonds is 2. The second-order valence-electron chi connectivity index (χ2n) is 1.96. The van der Waals surface area contributed by atoms with Crippen LogP contribution in [-0.4, -0.2) is 0 Å². The van der Waals surface area contributed by atoms with Crippen LogP contribution in [0.1, 0.15) is 13.8 Å². The van der Waals surface area contributed by atoms with Gasteiger partial charge in [0.15, 0.2) is 0 Å². The minimum atomic E-state index is -3.50. The van der Waals surface area contributed by atoms with E-state index in [1.807, 2.05) is 13.8 Å². The highest BCUT2D eigenvalue weighted by Gasteiger charge is 2.15. The zero-order valence-electron chi connectivity index (χ0n) is 7.71. The smallest absolute Gasteiger partial charge is 0.422 e. The highest BCUT2D eigenvalue weighted by molar-refractivity contribution is 8.05. The lowest BCUT2D eigenvalue weighted by atomic mass is 10.3. The standard InChI is InChI=1S/C6H4Cl3O2P.C2H6/c7-5-1-3-6(4-2-5)11-12(8,9)10;1-2/h1-4H;1-2H3. The van der Waals surface area contributed by atoms with Crippen molar-refractivity contribution in [2.24, 2.45) is 0 Å². The van der Waals surface area contributed by atoms with E-state index in [1.54, 1.807) is 12.1 Å². The van der Waals surface area contributed by atoms with Crippen molar-refractivity contribution in [3.8, 4) is 5.75 Å². The molecule has 0 fully saturated rings. The van der Waals surface area contributed by atoms with E-state index in [9.17, 15) is 4.57 Å². The van der Waals surface area contributed by atoms with Crippen LogP contribution in [-0.2, 0) is 4.57 Å². The van der Waals surface area contributed by atoms with E-state index in [0.29, 0.717) is 10.8 Å². The van der Waals surface area contributed by atoms with Gasteiger partial charge in [-0.25, -0.2) is 4.57 Å². The molecule has 0 bridgehead atoms. The van der Waals surface area contributed by atoms with Gasteiger partial charge in [0, 0.05) is 27.5 Å². The van der Waals surface area contributed by atoms with Crippen LogP contribution in [0, 0.1) is 0 Å². The normalized spacial score (nSPS) is 10.1. The van der Waals surface area contributed by atoms with Gasteiger partial charge in [0.2, 0.25) is 0 Å². The molecule has 6 heteroatoms. The molecule has 14 heavy (non-hydrogen) atoms. The van der Waals surface area contributed by atoms with Crippen molar-refractivity contribution in [1.82, 2.24) is 0 Å². The van der Waals surface area contributed by atoms with Crippen LogP contribution in [0.25, 0.3) is 0 Å². The van der Waals surface area contributed by atoms with Gasteiger partial charge < -0.3 is 4.52 Å². The Morgan fingerprint density at radius 2 is 1.57 bits per heavy atom. The molecule has 0 atom stereocenters. The molecule has 1 rings (SSSR count). The van der Waals surface area contributed by atoms with Gasteiger partial charge in [-0.2, -0.15) is 0 Å². The molecular weight excluding hydrogens is 265 g/mol. The van der Waals surface area contributed by atoms with Gasteiger partial charge >= 0.3 is 6.07 Å². The van der Waals surface area contributed by atoms with Crippen molar-refractivity contribution < 1.29 is 9.09 Å². The zero-order valence-corrected chi connectivity index (χ0v) is 10.9. The molecular formula is C8H10Cl3O2P. The van der Waals surface area contributed by atoms with Crippen LogP contribution in [0.2, 0.25) is 5.02 Å². The van der Waals surface area contributed by atoms with Gasteiger partial charge in [0.05, 0.1) is 0 Å². The fourth-order valence-electron chi connectivity index (χ4n) is 0.618. The van der Waals surface area contributed by atoms with E-state index in [1.165, 1.54) is 12.1 Å². The molecule has 1 aromatic carbocycles. The predicted molar refractivity (Wildman–Crippen MR) is 62.7 cm³/mol. The van der Waals surface area contributed by atoms with E-state index in [-0.39, 0.29) is 0 Å². The highest BCUT2D eigenvalue weighted by Crippen LogP contribution is 2.57. The summed E-state index contributed by atoms with van der Waals surface area (Å²) in [6.45, 7) is 4.00. The Morgan fingerprint density at radius 1 is 1.14 bits per heavy atom. The maximum absolute atomic E-state index is 10.7. The van der Waals surface area contributed by atoms with Crippen LogP contribution in [0.5, 0.6) is 5.75 Å². The molecule has 0 aliphatic carbocycles. The number of halogens is 3. The van der Waals surface area contributed by atoms with Crippen molar-refractivity contribution in [3.63, 3.8) is 0 Å². The fourth-order valence-corrected chi connectivity index (χ4v) is 1.59. The van der Waals surface area contributed by atoms with Crippen LogP contribution in [0.3, 0.4) is 0 Å². The summed E-state index contributed by atoms with van der Waals surface area (Å²) in [5, 5.41) is 0.557. The summed E-state index contributed by atoms with van der Waals surface area (Å²) < 4.78 is 15.4. The summed E-state index contributed by atoms with van der Waals surface area (Å²) in [5.41, 5.74) is 0. The Balaban J connectivity index is 0.000000791. The van der Waals surface area contributed by atoms with Gasteiger partial charge in [0.1, 0.15) is 5.75 Å². The Hall–Kier alpha value is 0.120. The van der Waals surface area contributed by atoms with E-state index in [4.69, 9.17) is 34.1 Å². The molecule has 0 saturated carbocycles. The average Bonchev–Trinajstić information content (AvgIpc) is 2.10. The van der Waals surface area contributed by atoms with Crippen LogP contribution < -0.4 is 4.52 Å². The number of benzene rings is 1. The van der Waals surface area contributed by atoms with Gasteiger partial charge in [-0.3, -0.25) is 0 Å². The van der Waals surface area contributed by atoms with Gasteiger partial charge in [0.25, 0.3) is 0 Å². The Labute approximate surface area is 98.2 Å². The molecule has 0 radical (unpaired) electrons. The Bertz CT molecular complexity index is 307. The lowest BCUT2D eigenvalue weighted by Crippen LogP contribution is -1.79. The first kappa shape index (κ1) is 14.1. The maximum Gasteiger partial charge on any atom is 0.428 e. The largest absolute Gasteiger partial charge is 0.428 e. The van der Waals surface area contributed by atoms with Crippen LogP contribution in [0.4, 0.5) is 0 Å². The van der Waals surface area contributed by atoms with E-state index in [0.717, 1.165) is 0 Å². The molecule has 80 valence electrons. The highest BCUT2D eigenvalue weighted by atomic mass is 35.9. The molecule has 0 aliphatic heterocycles. The molecule has 0 saturated heterocycles. The number of hydrogen-bond acceptors (Lipinski definition) is 2. The van der Waals surface area contributed by atoms with Crippen molar-refractivity contribution in [2.75, 3.05) is 0 Å². The first-order valence-electron chi connectivity index (χ1n) is 3.92. The Kier molecular flexibility index (Phi) is 6.63. The summed E-state index contributed by atoms with van der Waals surface area (Å²) in [6, 6.07) is 6.22. The number of hydrogen-bond donors (Lipinski definition) is 0. The van der Waals surface area contributed by atoms with E-state index in [2.05, 4.69) is 4.52 Å². The molecule has 0 unspecified atom stereocenters. The summed E-state index contributed by atoms with van der Waals surface area (Å²) in [6.07, 6.45) is -3.50. The lowest BCUT2D eigenvalue weighted by molar-refractivity contribution is 0.513. The fraction of sp³-hybridized carbons (Fsp3) is 0.250. The second-order valence-corrected chi connectivity index (χ2v) is 6.60. The second kappa shape index (κ2) is 6.58.